The summed E-state index contributed by atoms with van der Waals surface area (Å²) in [4.78, 5) is 37.7. The quantitative estimate of drug-likeness (QED) is 0.0262. The highest BCUT2D eigenvalue weighted by molar-refractivity contribution is 5.71. The molecule has 0 amide bonds. The van der Waals surface area contributed by atoms with Crippen LogP contribution in [0, 0.1) is 0 Å². The molecule has 1 atom stereocenters. The van der Waals surface area contributed by atoms with Gasteiger partial charge in [-0.25, -0.2) is 0 Å². The summed E-state index contributed by atoms with van der Waals surface area (Å²) in [5.74, 6) is -0.884. The third kappa shape index (κ3) is 48.1. The molecule has 0 aromatic rings. The molecule has 0 fully saturated rings. The SMILES string of the molecule is CC/C=C\C/C=C\C/C=C\C/C=C\C/C=C\CCCCCCCCCCCC(=O)OCC(COC(=O)CCCCCCCC)OC(=O)CCCCCCCCCCCCCCC. The maximum absolute atomic E-state index is 12.7. The van der Waals surface area contributed by atoms with Gasteiger partial charge in [0.1, 0.15) is 13.2 Å². The van der Waals surface area contributed by atoms with Crippen LogP contribution in [0.4, 0.5) is 0 Å². The average molecular weight is 867 g/mol. The van der Waals surface area contributed by atoms with Crippen LogP contribution in [0.5, 0.6) is 0 Å². The minimum Gasteiger partial charge on any atom is -0.462 e. The molecule has 62 heavy (non-hydrogen) atoms. The number of hydrogen-bond acceptors (Lipinski definition) is 6. The van der Waals surface area contributed by atoms with E-state index in [0.29, 0.717) is 19.3 Å². The third-order valence-corrected chi connectivity index (χ3v) is 11.3. The monoisotopic (exact) mass is 867 g/mol. The number of unbranched alkanes of at least 4 members (excludes halogenated alkanes) is 26. The van der Waals surface area contributed by atoms with Gasteiger partial charge in [-0.1, -0.05) is 236 Å². The molecule has 0 bridgehead atoms. The molecule has 6 heteroatoms. The Morgan fingerprint density at radius 3 is 0.984 bits per heavy atom. The Balaban J connectivity index is 4.13. The number of ether oxygens (including phenoxy) is 3. The molecule has 0 rings (SSSR count). The summed E-state index contributed by atoms with van der Waals surface area (Å²) in [6, 6.07) is 0. The number of rotatable bonds is 47. The van der Waals surface area contributed by atoms with Gasteiger partial charge in [-0.2, -0.15) is 0 Å². The maximum Gasteiger partial charge on any atom is 0.306 e. The van der Waals surface area contributed by atoms with E-state index in [-0.39, 0.29) is 31.1 Å². The van der Waals surface area contributed by atoms with E-state index < -0.39 is 6.10 Å². The van der Waals surface area contributed by atoms with Crippen molar-refractivity contribution in [2.75, 3.05) is 13.2 Å². The third-order valence-electron chi connectivity index (χ3n) is 11.3. The van der Waals surface area contributed by atoms with Gasteiger partial charge in [0, 0.05) is 19.3 Å². The second kappa shape index (κ2) is 50.8. The molecule has 0 aliphatic heterocycles. The fraction of sp³-hybridized carbons (Fsp3) is 0.768. The highest BCUT2D eigenvalue weighted by Crippen LogP contribution is 2.15. The highest BCUT2D eigenvalue weighted by Gasteiger charge is 2.19. The number of hydrogen-bond donors (Lipinski definition) is 0. The zero-order valence-corrected chi connectivity index (χ0v) is 40.9. The summed E-state index contributed by atoms with van der Waals surface area (Å²) in [5.41, 5.74) is 0. The van der Waals surface area contributed by atoms with Crippen molar-refractivity contribution < 1.29 is 28.6 Å². The molecule has 358 valence electrons. The van der Waals surface area contributed by atoms with E-state index in [4.69, 9.17) is 14.2 Å². The fourth-order valence-corrected chi connectivity index (χ4v) is 7.35. The lowest BCUT2D eigenvalue weighted by Gasteiger charge is -2.18. The van der Waals surface area contributed by atoms with E-state index in [0.717, 1.165) is 96.3 Å². The summed E-state index contributed by atoms with van der Waals surface area (Å²) in [6.07, 6.45) is 62.3. The lowest BCUT2D eigenvalue weighted by molar-refractivity contribution is -0.167. The van der Waals surface area contributed by atoms with E-state index in [1.165, 1.54) is 122 Å². The van der Waals surface area contributed by atoms with Crippen LogP contribution in [0.3, 0.4) is 0 Å². The van der Waals surface area contributed by atoms with Crippen molar-refractivity contribution in [1.82, 2.24) is 0 Å². The molecule has 0 aliphatic rings. The van der Waals surface area contributed by atoms with Crippen LogP contribution in [0.15, 0.2) is 60.8 Å². The van der Waals surface area contributed by atoms with Crippen molar-refractivity contribution in [3.05, 3.63) is 60.8 Å². The number of carbonyl (C=O) groups excluding carboxylic acids is 3. The van der Waals surface area contributed by atoms with Crippen molar-refractivity contribution in [3.63, 3.8) is 0 Å². The van der Waals surface area contributed by atoms with Crippen molar-refractivity contribution in [1.29, 1.82) is 0 Å². The predicted molar refractivity (Wildman–Crippen MR) is 265 cm³/mol. The summed E-state index contributed by atoms with van der Waals surface area (Å²) in [6.45, 7) is 6.47. The lowest BCUT2D eigenvalue weighted by Crippen LogP contribution is -2.30. The van der Waals surface area contributed by atoms with Gasteiger partial charge < -0.3 is 14.2 Å². The Bertz CT molecular complexity index is 1130. The molecule has 0 spiro atoms. The molecule has 0 aliphatic carbocycles. The highest BCUT2D eigenvalue weighted by atomic mass is 16.6. The fourth-order valence-electron chi connectivity index (χ4n) is 7.35. The van der Waals surface area contributed by atoms with Gasteiger partial charge in [-0.15, -0.1) is 0 Å². The molecule has 0 saturated heterocycles. The topological polar surface area (TPSA) is 78.9 Å². The Morgan fingerprint density at radius 1 is 0.339 bits per heavy atom. The van der Waals surface area contributed by atoms with E-state index in [1.807, 2.05) is 0 Å². The first-order valence-corrected chi connectivity index (χ1v) is 26.3. The first kappa shape index (κ1) is 59.1. The first-order valence-electron chi connectivity index (χ1n) is 26.3. The smallest absolute Gasteiger partial charge is 0.306 e. The standard InChI is InChI=1S/C56H98O6/c1-4-7-10-13-16-18-20-22-23-24-25-26-27-28-29-30-31-32-33-35-36-38-40-43-46-49-55(58)61-52-53(51-60-54(57)48-45-42-15-12-9-6-3)62-56(59)50-47-44-41-39-37-34-21-19-17-14-11-8-5-2/h7,10,16,18,22-23,25-26,28-29,53H,4-6,8-9,11-15,17,19-21,24,27,30-52H2,1-3H3/b10-7-,18-16-,23-22-,26-25-,29-28-. The summed E-state index contributed by atoms with van der Waals surface area (Å²) in [5, 5.41) is 0. The molecule has 0 aromatic heterocycles. The average Bonchev–Trinajstić information content (AvgIpc) is 3.27. The van der Waals surface area contributed by atoms with Crippen LogP contribution >= 0.6 is 0 Å². The van der Waals surface area contributed by atoms with Gasteiger partial charge in [0.2, 0.25) is 0 Å². The second-order valence-corrected chi connectivity index (χ2v) is 17.4. The predicted octanol–water partition coefficient (Wildman–Crippen LogP) is 17.3. The molecular weight excluding hydrogens is 769 g/mol. The maximum atomic E-state index is 12.7. The van der Waals surface area contributed by atoms with Crippen LogP contribution in [0.25, 0.3) is 0 Å². The minimum absolute atomic E-state index is 0.0737. The zero-order chi connectivity index (χ0) is 45.1. The van der Waals surface area contributed by atoms with Gasteiger partial charge in [-0.3, -0.25) is 14.4 Å². The number of allylic oxidation sites excluding steroid dienone is 10. The Kier molecular flexibility index (Phi) is 48.4. The largest absolute Gasteiger partial charge is 0.462 e. The second-order valence-electron chi connectivity index (χ2n) is 17.4. The number of esters is 3. The minimum atomic E-state index is -0.769. The van der Waals surface area contributed by atoms with E-state index in [2.05, 4.69) is 81.5 Å². The van der Waals surface area contributed by atoms with Crippen molar-refractivity contribution in [2.24, 2.45) is 0 Å². The van der Waals surface area contributed by atoms with Crippen LogP contribution in [-0.2, 0) is 28.6 Å². The van der Waals surface area contributed by atoms with Gasteiger partial charge in [0.15, 0.2) is 6.10 Å². The van der Waals surface area contributed by atoms with Crippen LogP contribution in [0.1, 0.15) is 258 Å². The molecule has 6 nitrogen and oxygen atoms in total. The van der Waals surface area contributed by atoms with Gasteiger partial charge in [0.25, 0.3) is 0 Å². The van der Waals surface area contributed by atoms with E-state index in [1.54, 1.807) is 0 Å². The van der Waals surface area contributed by atoms with Gasteiger partial charge in [0.05, 0.1) is 0 Å². The molecule has 0 N–H and O–H groups in total. The Labute approximate surface area is 383 Å². The Hall–Kier alpha value is -2.89. The van der Waals surface area contributed by atoms with Gasteiger partial charge in [-0.05, 0) is 64.2 Å². The van der Waals surface area contributed by atoms with Crippen LogP contribution in [0.2, 0.25) is 0 Å². The van der Waals surface area contributed by atoms with E-state index in [9.17, 15) is 14.4 Å². The Morgan fingerprint density at radius 2 is 0.629 bits per heavy atom. The van der Waals surface area contributed by atoms with Crippen molar-refractivity contribution in [3.8, 4) is 0 Å². The summed E-state index contributed by atoms with van der Waals surface area (Å²) in [7, 11) is 0. The normalized spacial score (nSPS) is 12.5. The molecule has 1 unspecified atom stereocenters. The van der Waals surface area contributed by atoms with Crippen molar-refractivity contribution >= 4 is 17.9 Å². The number of carbonyl (C=O) groups is 3. The van der Waals surface area contributed by atoms with Crippen LogP contribution in [-0.4, -0.2) is 37.2 Å². The summed E-state index contributed by atoms with van der Waals surface area (Å²) < 4.78 is 16.7. The molecular formula is C56H98O6. The zero-order valence-electron chi connectivity index (χ0n) is 40.9. The molecule has 0 heterocycles. The lowest BCUT2D eigenvalue weighted by atomic mass is 10.0. The van der Waals surface area contributed by atoms with Crippen LogP contribution < -0.4 is 0 Å². The molecule has 0 radical (unpaired) electrons. The van der Waals surface area contributed by atoms with E-state index >= 15 is 0 Å². The molecule has 0 aromatic carbocycles. The first-order chi connectivity index (χ1) is 30.5. The van der Waals surface area contributed by atoms with Crippen molar-refractivity contribution in [2.45, 2.75) is 264 Å². The summed E-state index contributed by atoms with van der Waals surface area (Å²) >= 11 is 0. The van der Waals surface area contributed by atoms with Gasteiger partial charge >= 0.3 is 17.9 Å². The molecule has 0 saturated carbocycles.